The fourth-order valence-electron chi connectivity index (χ4n) is 2.58. The number of hydrogen-bond donors (Lipinski definition) is 1. The van der Waals surface area contributed by atoms with Crippen molar-refractivity contribution in [2.45, 2.75) is 26.2 Å². The molecule has 0 aromatic rings. The zero-order valence-electron chi connectivity index (χ0n) is 7.22. The molecule has 3 atom stereocenters. The zero-order valence-corrected chi connectivity index (χ0v) is 7.22. The molecule has 0 aliphatic heterocycles. The summed E-state index contributed by atoms with van der Waals surface area (Å²) in [4.78, 5) is 0. The second-order valence-corrected chi connectivity index (χ2v) is 3.95. The van der Waals surface area contributed by atoms with Crippen LogP contribution in [0.1, 0.15) is 26.2 Å². The standard InChI is InChI=1S/C10H17N/c1-2-7-3-8-5-9(6-11)10(8)4-7/h4,8-10H,2-3,5-6,11H2,1H3/t8-,9?,10-/m1/s1. The maximum atomic E-state index is 5.65. The molecule has 2 rings (SSSR count). The van der Waals surface area contributed by atoms with Crippen molar-refractivity contribution in [2.24, 2.45) is 23.5 Å². The summed E-state index contributed by atoms with van der Waals surface area (Å²) in [6, 6.07) is 0. The van der Waals surface area contributed by atoms with Crippen molar-refractivity contribution in [3.05, 3.63) is 11.6 Å². The van der Waals surface area contributed by atoms with Crippen molar-refractivity contribution in [3.8, 4) is 0 Å². The van der Waals surface area contributed by atoms with Crippen LogP contribution in [0, 0.1) is 17.8 Å². The van der Waals surface area contributed by atoms with Gasteiger partial charge in [-0.1, -0.05) is 18.6 Å². The van der Waals surface area contributed by atoms with Gasteiger partial charge in [-0.25, -0.2) is 0 Å². The van der Waals surface area contributed by atoms with Gasteiger partial charge < -0.3 is 5.73 Å². The largest absolute Gasteiger partial charge is 0.330 e. The van der Waals surface area contributed by atoms with Crippen molar-refractivity contribution < 1.29 is 0 Å². The smallest absolute Gasteiger partial charge is 0.00430 e. The number of rotatable bonds is 2. The van der Waals surface area contributed by atoms with Gasteiger partial charge in [-0.15, -0.1) is 0 Å². The molecule has 1 fully saturated rings. The molecule has 2 aliphatic carbocycles. The van der Waals surface area contributed by atoms with Crippen LogP contribution in [0.2, 0.25) is 0 Å². The quantitative estimate of drug-likeness (QED) is 0.600. The molecule has 0 saturated heterocycles. The van der Waals surface area contributed by atoms with Gasteiger partial charge in [0.15, 0.2) is 0 Å². The van der Waals surface area contributed by atoms with Gasteiger partial charge in [0.05, 0.1) is 0 Å². The Morgan fingerprint density at radius 1 is 1.64 bits per heavy atom. The van der Waals surface area contributed by atoms with Gasteiger partial charge in [0.1, 0.15) is 0 Å². The minimum Gasteiger partial charge on any atom is -0.330 e. The van der Waals surface area contributed by atoms with Gasteiger partial charge in [0.2, 0.25) is 0 Å². The van der Waals surface area contributed by atoms with Gasteiger partial charge in [-0.05, 0) is 43.6 Å². The van der Waals surface area contributed by atoms with Crippen LogP contribution >= 0.6 is 0 Å². The minimum absolute atomic E-state index is 0.823. The summed E-state index contributed by atoms with van der Waals surface area (Å²) < 4.78 is 0. The van der Waals surface area contributed by atoms with Crippen molar-refractivity contribution in [1.82, 2.24) is 0 Å². The Morgan fingerprint density at radius 2 is 2.45 bits per heavy atom. The Labute approximate surface area is 68.7 Å². The summed E-state index contributed by atoms with van der Waals surface area (Å²) in [6.07, 6.45) is 6.51. The highest BCUT2D eigenvalue weighted by Crippen LogP contribution is 2.49. The highest BCUT2D eigenvalue weighted by atomic mass is 14.6. The maximum absolute atomic E-state index is 5.65. The molecule has 11 heavy (non-hydrogen) atoms. The maximum Gasteiger partial charge on any atom is -0.00430 e. The SMILES string of the molecule is CCC1=C[C@H]2C(CN)C[C@H]2C1. The number of nitrogens with two attached hydrogens (primary N) is 1. The fraction of sp³-hybridized carbons (Fsp3) is 0.800. The molecule has 0 aromatic carbocycles. The first kappa shape index (κ1) is 7.35. The molecule has 0 heterocycles. The van der Waals surface area contributed by atoms with E-state index in [1.54, 1.807) is 5.57 Å². The van der Waals surface area contributed by atoms with E-state index in [1.807, 2.05) is 0 Å². The van der Waals surface area contributed by atoms with Crippen LogP contribution in [0.15, 0.2) is 11.6 Å². The lowest BCUT2D eigenvalue weighted by Gasteiger charge is -2.39. The Morgan fingerprint density at radius 3 is 3.09 bits per heavy atom. The Hall–Kier alpha value is -0.300. The molecule has 1 unspecified atom stereocenters. The first-order valence-corrected chi connectivity index (χ1v) is 4.74. The van der Waals surface area contributed by atoms with Crippen molar-refractivity contribution >= 4 is 0 Å². The Balaban J connectivity index is 2.00. The Bertz CT molecular complexity index is 183. The third-order valence-electron chi connectivity index (χ3n) is 3.40. The van der Waals surface area contributed by atoms with Crippen LogP contribution < -0.4 is 5.73 Å². The predicted molar refractivity (Wildman–Crippen MR) is 47.1 cm³/mol. The highest BCUT2D eigenvalue weighted by Gasteiger charge is 2.41. The second kappa shape index (κ2) is 2.63. The van der Waals surface area contributed by atoms with Gasteiger partial charge in [-0.2, -0.15) is 0 Å². The van der Waals surface area contributed by atoms with E-state index < -0.39 is 0 Å². The molecule has 1 saturated carbocycles. The lowest BCUT2D eigenvalue weighted by molar-refractivity contribution is 0.137. The van der Waals surface area contributed by atoms with Crippen LogP contribution in [0.3, 0.4) is 0 Å². The fourth-order valence-corrected chi connectivity index (χ4v) is 2.58. The van der Waals surface area contributed by atoms with E-state index >= 15 is 0 Å². The molecule has 0 aromatic heterocycles. The second-order valence-electron chi connectivity index (χ2n) is 3.95. The third kappa shape index (κ3) is 1.02. The summed E-state index contributed by atoms with van der Waals surface area (Å²) in [6.45, 7) is 3.16. The molecule has 2 N–H and O–H groups in total. The molecular formula is C10H17N. The van der Waals surface area contributed by atoms with Gasteiger partial charge in [-0.3, -0.25) is 0 Å². The zero-order chi connectivity index (χ0) is 7.84. The van der Waals surface area contributed by atoms with E-state index in [0.29, 0.717) is 0 Å². The van der Waals surface area contributed by atoms with Crippen LogP contribution in [0.25, 0.3) is 0 Å². The number of hydrogen-bond acceptors (Lipinski definition) is 1. The van der Waals surface area contributed by atoms with Crippen LogP contribution in [0.4, 0.5) is 0 Å². The highest BCUT2D eigenvalue weighted by molar-refractivity contribution is 5.19. The summed E-state index contributed by atoms with van der Waals surface area (Å²) >= 11 is 0. The lowest BCUT2D eigenvalue weighted by Crippen LogP contribution is -2.37. The predicted octanol–water partition coefficient (Wildman–Crippen LogP) is 1.94. The van der Waals surface area contributed by atoms with E-state index in [-0.39, 0.29) is 0 Å². The van der Waals surface area contributed by atoms with E-state index in [0.717, 1.165) is 24.3 Å². The van der Waals surface area contributed by atoms with Crippen LogP contribution in [-0.2, 0) is 0 Å². The van der Waals surface area contributed by atoms with Gasteiger partial charge in [0, 0.05) is 0 Å². The van der Waals surface area contributed by atoms with E-state index in [2.05, 4.69) is 13.0 Å². The molecule has 1 heteroatoms. The van der Waals surface area contributed by atoms with Crippen LogP contribution in [0.5, 0.6) is 0 Å². The normalized spacial score (nSPS) is 41.3. The molecular weight excluding hydrogens is 134 g/mol. The first-order valence-electron chi connectivity index (χ1n) is 4.74. The molecule has 2 aliphatic rings. The van der Waals surface area contributed by atoms with Gasteiger partial charge in [0.25, 0.3) is 0 Å². The molecule has 0 spiro atoms. The Kier molecular flexibility index (Phi) is 1.76. The molecule has 62 valence electrons. The average Bonchev–Trinajstić information content (AvgIpc) is 2.31. The third-order valence-corrected chi connectivity index (χ3v) is 3.40. The minimum atomic E-state index is 0.823. The first-order chi connectivity index (χ1) is 5.35. The average molecular weight is 151 g/mol. The monoisotopic (exact) mass is 151 g/mol. The van der Waals surface area contributed by atoms with E-state index in [9.17, 15) is 0 Å². The number of allylic oxidation sites excluding steroid dienone is 2. The summed E-state index contributed by atoms with van der Waals surface area (Å²) in [7, 11) is 0. The topological polar surface area (TPSA) is 26.0 Å². The summed E-state index contributed by atoms with van der Waals surface area (Å²) in [5.74, 6) is 2.68. The van der Waals surface area contributed by atoms with E-state index in [1.165, 1.54) is 19.3 Å². The lowest BCUT2D eigenvalue weighted by atomic mass is 9.66. The molecule has 0 radical (unpaired) electrons. The van der Waals surface area contributed by atoms with Crippen LogP contribution in [-0.4, -0.2) is 6.54 Å². The molecule has 0 bridgehead atoms. The van der Waals surface area contributed by atoms with Crippen molar-refractivity contribution in [1.29, 1.82) is 0 Å². The van der Waals surface area contributed by atoms with Gasteiger partial charge >= 0.3 is 0 Å². The summed E-state index contributed by atoms with van der Waals surface area (Å²) in [5.41, 5.74) is 7.32. The molecule has 0 amide bonds. The molecule has 1 nitrogen and oxygen atoms in total. The summed E-state index contributed by atoms with van der Waals surface area (Å²) in [5, 5.41) is 0. The van der Waals surface area contributed by atoms with Crippen molar-refractivity contribution in [2.75, 3.05) is 6.54 Å². The number of fused-ring (bicyclic) bond motifs is 1. The van der Waals surface area contributed by atoms with Crippen molar-refractivity contribution in [3.63, 3.8) is 0 Å². The van der Waals surface area contributed by atoms with E-state index in [4.69, 9.17) is 5.73 Å².